The Kier molecular flexibility index (Phi) is 5.40. The number of nitrogens with zero attached hydrogens (tertiary/aromatic N) is 1. The molecule has 100 valence electrons. The van der Waals surface area contributed by atoms with Gasteiger partial charge in [0.25, 0.3) is 0 Å². The average molecular weight is 243 g/mol. The molecule has 0 spiro atoms. The molecular weight excluding hydrogens is 218 g/mol. The number of ether oxygens (including phenoxy) is 2. The van der Waals surface area contributed by atoms with Gasteiger partial charge in [-0.15, -0.1) is 0 Å². The first kappa shape index (κ1) is 14.5. The van der Waals surface area contributed by atoms with E-state index in [-0.39, 0.29) is 17.6 Å². The van der Waals surface area contributed by atoms with Gasteiger partial charge in [0.2, 0.25) is 0 Å². The molecule has 0 radical (unpaired) electrons. The van der Waals surface area contributed by atoms with Crippen LogP contribution in [0.15, 0.2) is 0 Å². The van der Waals surface area contributed by atoms with Crippen LogP contribution in [0.2, 0.25) is 0 Å². The monoisotopic (exact) mass is 243 g/mol. The van der Waals surface area contributed by atoms with E-state index in [0.29, 0.717) is 19.8 Å². The van der Waals surface area contributed by atoms with Gasteiger partial charge in [0.05, 0.1) is 19.8 Å². The zero-order valence-corrected chi connectivity index (χ0v) is 11.5. The Labute approximate surface area is 104 Å². The predicted molar refractivity (Wildman–Crippen MR) is 66.9 cm³/mol. The second-order valence-electron chi connectivity index (χ2n) is 5.11. The molecule has 0 bridgehead atoms. The summed E-state index contributed by atoms with van der Waals surface area (Å²) in [6, 6.07) is -0.126. The summed E-state index contributed by atoms with van der Waals surface area (Å²) in [6.07, 6.45) is 1.83. The van der Waals surface area contributed by atoms with Gasteiger partial charge >= 0.3 is 5.97 Å². The average Bonchev–Trinajstić information content (AvgIpc) is 2.26. The number of hydrogen-bond acceptors (Lipinski definition) is 4. The van der Waals surface area contributed by atoms with Gasteiger partial charge in [0.15, 0.2) is 0 Å². The summed E-state index contributed by atoms with van der Waals surface area (Å²) in [6.45, 7) is 10.8. The maximum atomic E-state index is 12.0. The molecule has 4 nitrogen and oxygen atoms in total. The van der Waals surface area contributed by atoms with Crippen LogP contribution in [0.5, 0.6) is 0 Å². The van der Waals surface area contributed by atoms with Crippen molar-refractivity contribution in [1.82, 2.24) is 4.90 Å². The van der Waals surface area contributed by atoms with Gasteiger partial charge in [-0.3, -0.25) is 9.69 Å². The predicted octanol–water partition coefficient (Wildman–Crippen LogP) is 1.83. The van der Waals surface area contributed by atoms with Crippen molar-refractivity contribution < 1.29 is 14.3 Å². The molecule has 0 aromatic heterocycles. The Morgan fingerprint density at radius 1 is 1.47 bits per heavy atom. The molecule has 0 amide bonds. The lowest BCUT2D eigenvalue weighted by molar-refractivity contribution is -0.158. The van der Waals surface area contributed by atoms with Crippen LogP contribution in [0.3, 0.4) is 0 Å². The smallest absolute Gasteiger partial charge is 0.323 e. The first-order valence-electron chi connectivity index (χ1n) is 6.54. The lowest BCUT2D eigenvalue weighted by Gasteiger charge is -2.45. The van der Waals surface area contributed by atoms with Gasteiger partial charge < -0.3 is 9.47 Å². The van der Waals surface area contributed by atoms with E-state index >= 15 is 0 Å². The second kappa shape index (κ2) is 6.36. The molecule has 0 N–H and O–H groups in total. The third-order valence-electron chi connectivity index (χ3n) is 3.21. The molecule has 1 saturated heterocycles. The van der Waals surface area contributed by atoms with E-state index in [1.54, 1.807) is 0 Å². The van der Waals surface area contributed by atoms with Gasteiger partial charge in [-0.25, -0.2) is 0 Å². The number of carbonyl (C=O) groups is 1. The Bertz CT molecular complexity index is 253. The Morgan fingerprint density at radius 2 is 2.18 bits per heavy atom. The van der Waals surface area contributed by atoms with Gasteiger partial charge in [-0.1, -0.05) is 13.3 Å². The zero-order valence-electron chi connectivity index (χ0n) is 11.5. The van der Waals surface area contributed by atoms with E-state index in [1.807, 2.05) is 6.92 Å². The van der Waals surface area contributed by atoms with E-state index in [1.165, 1.54) is 0 Å². The number of rotatable bonds is 5. The van der Waals surface area contributed by atoms with Crippen molar-refractivity contribution in [3.8, 4) is 0 Å². The molecule has 4 heteroatoms. The molecule has 0 aromatic carbocycles. The molecule has 1 fully saturated rings. The van der Waals surface area contributed by atoms with Crippen molar-refractivity contribution in [3.63, 3.8) is 0 Å². The van der Waals surface area contributed by atoms with Crippen molar-refractivity contribution in [1.29, 1.82) is 0 Å². The minimum atomic E-state index is -0.126. The number of morpholine rings is 1. The van der Waals surface area contributed by atoms with Gasteiger partial charge in [0, 0.05) is 12.1 Å². The topological polar surface area (TPSA) is 38.8 Å². The van der Waals surface area contributed by atoms with Crippen molar-refractivity contribution in [2.45, 2.75) is 52.1 Å². The maximum Gasteiger partial charge on any atom is 0.323 e. The summed E-state index contributed by atoms with van der Waals surface area (Å²) in [5.74, 6) is -0.0932. The minimum Gasteiger partial charge on any atom is -0.465 e. The van der Waals surface area contributed by atoms with Crippen LogP contribution in [0, 0.1) is 0 Å². The van der Waals surface area contributed by atoms with Crippen molar-refractivity contribution in [2.24, 2.45) is 0 Å². The highest BCUT2D eigenvalue weighted by Crippen LogP contribution is 2.24. The molecular formula is C13H25NO3. The number of carbonyl (C=O) groups excluding carboxylic acids is 1. The van der Waals surface area contributed by atoms with Crippen LogP contribution < -0.4 is 0 Å². The highest BCUT2D eigenvalue weighted by molar-refractivity contribution is 5.75. The quantitative estimate of drug-likeness (QED) is 0.691. The minimum absolute atomic E-state index is 0.0924. The summed E-state index contributed by atoms with van der Waals surface area (Å²) in [5, 5.41) is 0. The number of hydrogen-bond donors (Lipinski definition) is 0. The normalized spacial score (nSPS) is 22.1. The van der Waals surface area contributed by atoms with Gasteiger partial charge in [-0.2, -0.15) is 0 Å². The zero-order chi connectivity index (χ0) is 12.9. The number of esters is 1. The Morgan fingerprint density at radius 3 is 2.71 bits per heavy atom. The van der Waals surface area contributed by atoms with E-state index in [0.717, 1.165) is 19.4 Å². The maximum absolute atomic E-state index is 12.0. The molecule has 1 aliphatic heterocycles. The van der Waals surface area contributed by atoms with Gasteiger partial charge in [-0.05, 0) is 27.2 Å². The van der Waals surface area contributed by atoms with Crippen molar-refractivity contribution in [2.75, 3.05) is 26.4 Å². The molecule has 1 rings (SSSR count). The van der Waals surface area contributed by atoms with Crippen molar-refractivity contribution in [3.05, 3.63) is 0 Å². The molecule has 17 heavy (non-hydrogen) atoms. The molecule has 0 saturated carbocycles. The summed E-state index contributed by atoms with van der Waals surface area (Å²) in [5.41, 5.74) is -0.0924. The highest BCUT2D eigenvalue weighted by atomic mass is 16.5. The fourth-order valence-electron chi connectivity index (χ4n) is 2.36. The van der Waals surface area contributed by atoms with E-state index in [9.17, 15) is 4.79 Å². The third kappa shape index (κ3) is 3.68. The van der Waals surface area contributed by atoms with Crippen molar-refractivity contribution >= 4 is 5.97 Å². The Balaban J connectivity index is 2.77. The first-order valence-corrected chi connectivity index (χ1v) is 6.54. The van der Waals surface area contributed by atoms with Crippen LogP contribution in [-0.4, -0.2) is 48.8 Å². The lowest BCUT2D eigenvalue weighted by atomic mass is 9.97. The lowest BCUT2D eigenvalue weighted by Crippen LogP contribution is -2.59. The largest absolute Gasteiger partial charge is 0.465 e. The molecule has 1 atom stereocenters. The van der Waals surface area contributed by atoms with Crippen LogP contribution in [0.1, 0.15) is 40.5 Å². The van der Waals surface area contributed by atoms with E-state index in [2.05, 4.69) is 25.7 Å². The van der Waals surface area contributed by atoms with Crippen LogP contribution in [-0.2, 0) is 14.3 Å². The summed E-state index contributed by atoms with van der Waals surface area (Å²) >= 11 is 0. The Hall–Kier alpha value is -0.610. The van der Waals surface area contributed by atoms with E-state index in [4.69, 9.17) is 9.47 Å². The third-order valence-corrected chi connectivity index (χ3v) is 3.21. The van der Waals surface area contributed by atoms with Crippen LogP contribution in [0.25, 0.3) is 0 Å². The van der Waals surface area contributed by atoms with E-state index < -0.39 is 0 Å². The van der Waals surface area contributed by atoms with Crippen LogP contribution in [0.4, 0.5) is 0 Å². The fourth-order valence-corrected chi connectivity index (χ4v) is 2.36. The molecule has 0 aliphatic carbocycles. The first-order chi connectivity index (χ1) is 8.03. The van der Waals surface area contributed by atoms with Crippen LogP contribution >= 0.6 is 0 Å². The second-order valence-corrected chi connectivity index (χ2v) is 5.11. The molecule has 1 aliphatic rings. The summed E-state index contributed by atoms with van der Waals surface area (Å²) < 4.78 is 10.7. The fraction of sp³-hybridized carbons (Fsp3) is 0.923. The summed E-state index contributed by atoms with van der Waals surface area (Å²) in [4.78, 5) is 14.2. The highest BCUT2D eigenvalue weighted by Gasteiger charge is 2.38. The SMILES string of the molecule is CCCC(C(=O)OCC)N1CCOCC1(C)C. The molecule has 1 unspecified atom stereocenters. The summed E-state index contributed by atoms with van der Waals surface area (Å²) in [7, 11) is 0. The molecule has 0 aromatic rings. The van der Waals surface area contributed by atoms with Gasteiger partial charge in [0.1, 0.15) is 6.04 Å². The standard InChI is InChI=1S/C13H25NO3/c1-5-7-11(12(15)17-6-2)14-8-9-16-10-13(14,3)4/h11H,5-10H2,1-4H3. The molecule has 1 heterocycles.